The van der Waals surface area contributed by atoms with Gasteiger partial charge in [0.25, 0.3) is 5.91 Å². The van der Waals surface area contributed by atoms with E-state index in [1.165, 1.54) is 42.3 Å². The van der Waals surface area contributed by atoms with Gasteiger partial charge in [-0.1, -0.05) is 30.3 Å². The highest BCUT2D eigenvalue weighted by Gasteiger charge is 2.61. The minimum atomic E-state index is -4.77. The lowest BCUT2D eigenvalue weighted by molar-refractivity contribution is -0.223. The van der Waals surface area contributed by atoms with E-state index in [4.69, 9.17) is 9.47 Å². The number of carboxylic acid groups (broad SMARTS) is 1. The molecule has 2 amide bonds. The van der Waals surface area contributed by atoms with Gasteiger partial charge in [-0.25, -0.2) is 13.6 Å². The molecule has 0 unspecified atom stereocenters. The summed E-state index contributed by atoms with van der Waals surface area (Å²) in [7, 11) is 1.34. The van der Waals surface area contributed by atoms with E-state index in [9.17, 15) is 41.4 Å². The summed E-state index contributed by atoms with van der Waals surface area (Å²) in [6.45, 7) is 2.02. The van der Waals surface area contributed by atoms with Gasteiger partial charge in [0.1, 0.15) is 22.8 Å². The molecule has 2 aliphatic heterocycles. The highest BCUT2D eigenvalue weighted by molar-refractivity contribution is 5.98. The Morgan fingerprint density at radius 3 is 2.28 bits per heavy atom. The maximum atomic E-state index is 13.9. The fourth-order valence-electron chi connectivity index (χ4n) is 7.07. The molecule has 6 rings (SSSR count). The van der Waals surface area contributed by atoms with Gasteiger partial charge in [0.2, 0.25) is 5.91 Å². The normalized spacial score (nSPS) is 16.9. The Morgan fingerprint density at radius 2 is 1.62 bits per heavy atom. The summed E-state index contributed by atoms with van der Waals surface area (Å²) < 4.78 is 81.5. The first-order chi connectivity index (χ1) is 25.0. The van der Waals surface area contributed by atoms with E-state index >= 15 is 0 Å². The molecule has 3 heterocycles. The number of benzene rings is 3. The molecule has 2 aliphatic rings. The summed E-state index contributed by atoms with van der Waals surface area (Å²) in [5.41, 5.74) is -1.48. The van der Waals surface area contributed by atoms with Crippen LogP contribution in [0.1, 0.15) is 45.7 Å². The van der Waals surface area contributed by atoms with Crippen molar-refractivity contribution in [2.75, 3.05) is 39.9 Å². The molecule has 280 valence electrons. The molecule has 0 saturated carbocycles. The van der Waals surface area contributed by atoms with Crippen LogP contribution in [0.4, 0.5) is 22.0 Å². The predicted molar refractivity (Wildman–Crippen MR) is 181 cm³/mol. The second kappa shape index (κ2) is 14.3. The lowest BCUT2D eigenvalue weighted by Gasteiger charge is -2.52. The number of aromatic nitrogens is 2. The number of carboxylic acids is 1. The Morgan fingerprint density at radius 1 is 0.943 bits per heavy atom. The van der Waals surface area contributed by atoms with Crippen LogP contribution in [0.5, 0.6) is 5.75 Å². The van der Waals surface area contributed by atoms with Crippen molar-refractivity contribution in [1.29, 1.82) is 0 Å². The van der Waals surface area contributed by atoms with Crippen LogP contribution in [-0.4, -0.2) is 88.5 Å². The largest absolute Gasteiger partial charge is 0.496 e. The van der Waals surface area contributed by atoms with Crippen LogP contribution in [0.3, 0.4) is 0 Å². The standard InChI is InChI=1S/C38H37F5N4O6/c1-36(2,38(41,42)43)35(51)46-21-37(22-46)20-45(33(48)25-14-44-47(16-25)15-23-7-9-27(39)10-8-23)17-26(37)19-53-18-24-5-4-6-30(32(24)34(49)50)29-12-11-28(40)13-31(29)52-3/h4-14,16,26H,15,17-22H2,1-3H3,(H,49,50)/t26-/m0/s1. The van der Waals surface area contributed by atoms with Crippen molar-refractivity contribution in [2.45, 2.75) is 33.2 Å². The Kier molecular flexibility index (Phi) is 10.1. The van der Waals surface area contributed by atoms with Crippen LogP contribution in [0.15, 0.2) is 73.1 Å². The minimum Gasteiger partial charge on any atom is -0.496 e. The number of alkyl halides is 3. The number of amides is 2. The second-order valence-corrected chi connectivity index (χ2v) is 14.1. The predicted octanol–water partition coefficient (Wildman–Crippen LogP) is 6.29. The molecule has 0 aliphatic carbocycles. The third-order valence-electron chi connectivity index (χ3n) is 10.2. The van der Waals surface area contributed by atoms with Gasteiger partial charge in [-0.05, 0) is 49.2 Å². The number of rotatable bonds is 11. The molecule has 1 aromatic heterocycles. The van der Waals surface area contributed by atoms with E-state index in [0.717, 1.165) is 30.4 Å². The second-order valence-electron chi connectivity index (χ2n) is 14.1. The summed E-state index contributed by atoms with van der Waals surface area (Å²) in [6.07, 6.45) is -1.81. The van der Waals surface area contributed by atoms with Crippen LogP contribution in [0.2, 0.25) is 0 Å². The Labute approximate surface area is 301 Å². The fraction of sp³-hybridized carbons (Fsp3) is 0.368. The Bertz CT molecular complexity index is 2020. The van der Waals surface area contributed by atoms with Crippen molar-refractivity contribution >= 4 is 17.8 Å². The molecule has 0 radical (unpaired) electrons. The molecule has 10 nitrogen and oxygen atoms in total. The third kappa shape index (κ3) is 7.34. The number of carbonyl (C=O) groups is 3. The molecule has 2 fully saturated rings. The quantitative estimate of drug-likeness (QED) is 0.180. The molecule has 1 spiro atoms. The zero-order valence-electron chi connectivity index (χ0n) is 29.1. The summed E-state index contributed by atoms with van der Waals surface area (Å²) in [5.74, 6) is -3.91. The molecule has 1 N–H and O–H groups in total. The minimum absolute atomic E-state index is 0.00145. The van der Waals surface area contributed by atoms with Gasteiger partial charge in [0.05, 0.1) is 44.2 Å². The van der Waals surface area contributed by atoms with E-state index < -0.39 is 40.6 Å². The van der Waals surface area contributed by atoms with Crippen LogP contribution in [0, 0.1) is 28.4 Å². The highest BCUT2D eigenvalue weighted by Crippen LogP contribution is 2.48. The topological polar surface area (TPSA) is 114 Å². The van der Waals surface area contributed by atoms with Gasteiger partial charge in [-0.2, -0.15) is 18.3 Å². The van der Waals surface area contributed by atoms with Crippen molar-refractivity contribution in [3.8, 4) is 16.9 Å². The number of methoxy groups -OCH3 is 1. The number of hydrogen-bond donors (Lipinski definition) is 1. The molecule has 0 bridgehead atoms. The summed E-state index contributed by atoms with van der Waals surface area (Å²) >= 11 is 0. The number of ether oxygens (including phenoxy) is 2. The maximum Gasteiger partial charge on any atom is 0.402 e. The van der Waals surface area contributed by atoms with E-state index in [1.54, 1.807) is 41.4 Å². The van der Waals surface area contributed by atoms with Crippen LogP contribution < -0.4 is 4.74 Å². The number of halogens is 5. The van der Waals surface area contributed by atoms with Gasteiger partial charge in [0, 0.05) is 60.9 Å². The molecule has 1 atom stereocenters. The van der Waals surface area contributed by atoms with Crippen molar-refractivity contribution in [1.82, 2.24) is 19.6 Å². The van der Waals surface area contributed by atoms with Gasteiger partial charge >= 0.3 is 12.1 Å². The van der Waals surface area contributed by atoms with E-state index in [-0.39, 0.29) is 80.1 Å². The maximum absolute atomic E-state index is 13.9. The average Bonchev–Trinajstić information content (AvgIpc) is 3.72. The lowest BCUT2D eigenvalue weighted by atomic mass is 9.70. The van der Waals surface area contributed by atoms with E-state index in [0.29, 0.717) is 11.1 Å². The lowest BCUT2D eigenvalue weighted by Crippen LogP contribution is -2.66. The van der Waals surface area contributed by atoms with Gasteiger partial charge in [0.15, 0.2) is 0 Å². The average molecular weight is 741 g/mol. The smallest absolute Gasteiger partial charge is 0.402 e. The Hall–Kier alpha value is -5.31. The molecule has 3 aromatic carbocycles. The highest BCUT2D eigenvalue weighted by atomic mass is 19.4. The number of likely N-dealkylation sites (tertiary alicyclic amines) is 2. The van der Waals surface area contributed by atoms with Crippen LogP contribution in [0.25, 0.3) is 11.1 Å². The first-order valence-electron chi connectivity index (χ1n) is 16.7. The SMILES string of the molecule is COc1cc(F)ccc1-c1cccc(COC[C@@H]2CN(C(=O)c3cnn(Cc4ccc(F)cc4)c3)CC23CN(C(=O)C(C)(C)C(F)(F)F)C3)c1C(=O)O. The number of aromatic carboxylic acids is 1. The monoisotopic (exact) mass is 740 g/mol. The molecule has 2 saturated heterocycles. The van der Waals surface area contributed by atoms with Crippen molar-refractivity contribution < 1.29 is 50.9 Å². The summed E-state index contributed by atoms with van der Waals surface area (Å²) in [5, 5.41) is 14.5. The molecular weight excluding hydrogens is 703 g/mol. The zero-order chi connectivity index (χ0) is 38.3. The first-order valence-corrected chi connectivity index (χ1v) is 16.7. The van der Waals surface area contributed by atoms with Crippen molar-refractivity contribution in [2.24, 2.45) is 16.7 Å². The van der Waals surface area contributed by atoms with Crippen LogP contribution in [-0.2, 0) is 22.7 Å². The van der Waals surface area contributed by atoms with Gasteiger partial charge in [-0.15, -0.1) is 0 Å². The van der Waals surface area contributed by atoms with Gasteiger partial charge < -0.3 is 24.4 Å². The van der Waals surface area contributed by atoms with E-state index in [2.05, 4.69) is 5.10 Å². The van der Waals surface area contributed by atoms with E-state index in [1.807, 2.05) is 0 Å². The van der Waals surface area contributed by atoms with Gasteiger partial charge in [-0.3, -0.25) is 14.3 Å². The summed E-state index contributed by atoms with van der Waals surface area (Å²) in [4.78, 5) is 42.0. The Balaban J connectivity index is 1.21. The third-order valence-corrected chi connectivity index (χ3v) is 10.2. The molecule has 4 aromatic rings. The first kappa shape index (κ1) is 37.4. The molecule has 53 heavy (non-hydrogen) atoms. The van der Waals surface area contributed by atoms with Crippen LogP contribution >= 0.6 is 0 Å². The number of hydrogen-bond acceptors (Lipinski definition) is 6. The van der Waals surface area contributed by atoms with Crippen molar-refractivity contribution in [3.63, 3.8) is 0 Å². The number of carbonyl (C=O) groups excluding carboxylic acids is 2. The summed E-state index contributed by atoms with van der Waals surface area (Å²) in [6, 6.07) is 14.4. The number of nitrogens with zero attached hydrogens (tertiary/aromatic N) is 4. The molecule has 15 heteroatoms. The zero-order valence-corrected chi connectivity index (χ0v) is 29.1. The van der Waals surface area contributed by atoms with Crippen molar-refractivity contribution in [3.05, 3.63) is 107 Å². The fourth-order valence-corrected chi connectivity index (χ4v) is 7.07. The molecular formula is C38H37F5N4O6.